The van der Waals surface area contributed by atoms with E-state index in [0.717, 1.165) is 0 Å². The summed E-state index contributed by atoms with van der Waals surface area (Å²) in [5, 5.41) is 22.3. The van der Waals surface area contributed by atoms with Gasteiger partial charge in [0.05, 0.1) is 23.3 Å². The van der Waals surface area contributed by atoms with Gasteiger partial charge in [-0.15, -0.1) is 0 Å². The molecular formula is C11H8N4O3. The smallest absolute Gasteiger partial charge is 0.312 e. The molecule has 0 saturated heterocycles. The molecule has 90 valence electrons. The lowest BCUT2D eigenvalue weighted by Crippen LogP contribution is -2.04. The standard InChI is InChI=1S/C11H8N4O3/c12-5-8-4-10(15(16)17)11(13-6-8)14-7-9-2-1-3-18-9/h1-4,6H,7H2,(H,13,14). The zero-order chi connectivity index (χ0) is 13.0. The zero-order valence-electron chi connectivity index (χ0n) is 9.16. The molecule has 0 aliphatic carbocycles. The number of hydrogen-bond acceptors (Lipinski definition) is 6. The fourth-order valence-corrected chi connectivity index (χ4v) is 1.37. The number of rotatable bonds is 4. The van der Waals surface area contributed by atoms with E-state index in [1.807, 2.05) is 0 Å². The van der Waals surface area contributed by atoms with Crippen molar-refractivity contribution in [3.63, 3.8) is 0 Å². The molecule has 2 rings (SSSR count). The number of furan rings is 1. The van der Waals surface area contributed by atoms with Gasteiger partial charge in [-0.25, -0.2) is 4.98 Å². The normalized spacial score (nSPS) is 9.72. The Bertz CT molecular complexity index is 601. The molecule has 0 radical (unpaired) electrons. The molecule has 0 unspecified atom stereocenters. The number of nitro groups is 1. The third-order valence-corrected chi connectivity index (χ3v) is 2.20. The van der Waals surface area contributed by atoms with Crippen LogP contribution in [-0.2, 0) is 6.54 Å². The summed E-state index contributed by atoms with van der Waals surface area (Å²) in [7, 11) is 0. The van der Waals surface area contributed by atoms with Crippen LogP contribution >= 0.6 is 0 Å². The van der Waals surface area contributed by atoms with Gasteiger partial charge >= 0.3 is 5.69 Å². The van der Waals surface area contributed by atoms with Crippen molar-refractivity contribution in [2.24, 2.45) is 0 Å². The maximum absolute atomic E-state index is 10.8. The first-order valence-corrected chi connectivity index (χ1v) is 5.01. The van der Waals surface area contributed by atoms with E-state index in [1.54, 1.807) is 18.2 Å². The van der Waals surface area contributed by atoms with Crippen LogP contribution in [0.5, 0.6) is 0 Å². The molecule has 0 aliphatic heterocycles. The number of aromatic nitrogens is 1. The van der Waals surface area contributed by atoms with E-state index in [-0.39, 0.29) is 23.6 Å². The highest BCUT2D eigenvalue weighted by Gasteiger charge is 2.16. The maximum Gasteiger partial charge on any atom is 0.312 e. The van der Waals surface area contributed by atoms with Crippen molar-refractivity contribution in [1.82, 2.24) is 4.98 Å². The van der Waals surface area contributed by atoms with Crippen LogP contribution in [0.3, 0.4) is 0 Å². The summed E-state index contributed by atoms with van der Waals surface area (Å²) in [6.45, 7) is 0.284. The predicted molar refractivity (Wildman–Crippen MR) is 61.6 cm³/mol. The van der Waals surface area contributed by atoms with Crippen molar-refractivity contribution in [2.45, 2.75) is 6.54 Å². The van der Waals surface area contributed by atoms with Gasteiger partial charge in [0.1, 0.15) is 11.8 Å². The number of pyridine rings is 1. The van der Waals surface area contributed by atoms with Crippen LogP contribution < -0.4 is 5.32 Å². The van der Waals surface area contributed by atoms with Crippen LogP contribution in [0.15, 0.2) is 35.1 Å². The molecule has 2 aromatic heterocycles. The minimum absolute atomic E-state index is 0.107. The molecule has 0 fully saturated rings. The van der Waals surface area contributed by atoms with E-state index in [4.69, 9.17) is 9.68 Å². The molecule has 7 nitrogen and oxygen atoms in total. The van der Waals surface area contributed by atoms with Crippen LogP contribution in [0, 0.1) is 21.4 Å². The van der Waals surface area contributed by atoms with Gasteiger partial charge in [-0.2, -0.15) is 5.26 Å². The largest absolute Gasteiger partial charge is 0.467 e. The summed E-state index contributed by atoms with van der Waals surface area (Å²) in [5.74, 6) is 0.742. The second-order valence-corrected chi connectivity index (χ2v) is 3.39. The summed E-state index contributed by atoms with van der Waals surface area (Å²) in [4.78, 5) is 14.1. The first-order valence-electron chi connectivity index (χ1n) is 5.01. The summed E-state index contributed by atoms with van der Waals surface area (Å²) >= 11 is 0. The van der Waals surface area contributed by atoms with E-state index in [2.05, 4.69) is 10.3 Å². The molecule has 18 heavy (non-hydrogen) atoms. The van der Waals surface area contributed by atoms with Crippen molar-refractivity contribution < 1.29 is 9.34 Å². The van der Waals surface area contributed by atoms with Crippen molar-refractivity contribution >= 4 is 11.5 Å². The maximum atomic E-state index is 10.8. The average Bonchev–Trinajstić information content (AvgIpc) is 2.89. The van der Waals surface area contributed by atoms with E-state index in [1.165, 1.54) is 18.5 Å². The van der Waals surface area contributed by atoms with Crippen molar-refractivity contribution in [1.29, 1.82) is 5.26 Å². The molecule has 7 heteroatoms. The Morgan fingerprint density at radius 1 is 1.61 bits per heavy atom. The Hall–Kier alpha value is -2.88. The average molecular weight is 244 g/mol. The van der Waals surface area contributed by atoms with Gasteiger partial charge < -0.3 is 9.73 Å². The van der Waals surface area contributed by atoms with Gasteiger partial charge in [-0.05, 0) is 12.1 Å². The molecular weight excluding hydrogens is 236 g/mol. The molecule has 2 aromatic rings. The Morgan fingerprint density at radius 2 is 2.44 bits per heavy atom. The topological polar surface area (TPSA) is 105 Å². The highest BCUT2D eigenvalue weighted by molar-refractivity contribution is 5.58. The molecule has 0 aliphatic rings. The van der Waals surface area contributed by atoms with E-state index in [9.17, 15) is 10.1 Å². The lowest BCUT2D eigenvalue weighted by atomic mass is 10.2. The van der Waals surface area contributed by atoms with Crippen LogP contribution in [0.1, 0.15) is 11.3 Å². The predicted octanol–water partition coefficient (Wildman–Crippen LogP) is 2.07. The molecule has 2 heterocycles. The molecule has 0 spiro atoms. The quantitative estimate of drug-likeness (QED) is 0.651. The second kappa shape index (κ2) is 4.97. The Labute approximate surface area is 102 Å². The van der Waals surface area contributed by atoms with Crippen LogP contribution in [0.4, 0.5) is 11.5 Å². The number of nitrogens with zero attached hydrogens (tertiary/aromatic N) is 3. The minimum Gasteiger partial charge on any atom is -0.467 e. The lowest BCUT2D eigenvalue weighted by molar-refractivity contribution is -0.384. The number of nitriles is 1. The third-order valence-electron chi connectivity index (χ3n) is 2.20. The monoisotopic (exact) mass is 244 g/mol. The van der Waals surface area contributed by atoms with Gasteiger partial charge in [-0.1, -0.05) is 0 Å². The summed E-state index contributed by atoms with van der Waals surface area (Å²) in [6.07, 6.45) is 2.79. The fourth-order valence-electron chi connectivity index (χ4n) is 1.37. The van der Waals surface area contributed by atoms with Crippen LogP contribution in [0.25, 0.3) is 0 Å². The SMILES string of the molecule is N#Cc1cnc(NCc2ccco2)c([N+](=O)[O-])c1. The first-order chi connectivity index (χ1) is 8.70. The lowest BCUT2D eigenvalue weighted by Gasteiger charge is -2.04. The molecule has 1 N–H and O–H groups in total. The molecule has 0 aromatic carbocycles. The van der Waals surface area contributed by atoms with Crippen LogP contribution in [0.2, 0.25) is 0 Å². The van der Waals surface area contributed by atoms with Gasteiger partial charge in [-0.3, -0.25) is 10.1 Å². The van der Waals surface area contributed by atoms with E-state index < -0.39 is 4.92 Å². The zero-order valence-corrected chi connectivity index (χ0v) is 9.16. The van der Waals surface area contributed by atoms with Gasteiger partial charge in [0, 0.05) is 12.3 Å². The van der Waals surface area contributed by atoms with Crippen LogP contribution in [-0.4, -0.2) is 9.91 Å². The first kappa shape index (κ1) is 11.6. The molecule has 0 bridgehead atoms. The van der Waals surface area contributed by atoms with E-state index in [0.29, 0.717) is 5.76 Å². The van der Waals surface area contributed by atoms with Gasteiger partial charge in [0.2, 0.25) is 5.82 Å². The van der Waals surface area contributed by atoms with Crippen molar-refractivity contribution in [2.75, 3.05) is 5.32 Å². The van der Waals surface area contributed by atoms with Gasteiger partial charge in [0.15, 0.2) is 0 Å². The number of nitrogens with one attached hydrogen (secondary N) is 1. The summed E-state index contributed by atoms with van der Waals surface area (Å²) in [6, 6.07) is 6.44. The van der Waals surface area contributed by atoms with E-state index >= 15 is 0 Å². The summed E-state index contributed by atoms with van der Waals surface area (Å²) in [5.41, 5.74) is -0.0918. The third kappa shape index (κ3) is 2.44. The number of anilines is 1. The summed E-state index contributed by atoms with van der Waals surface area (Å²) < 4.78 is 5.09. The second-order valence-electron chi connectivity index (χ2n) is 3.39. The molecule has 0 amide bonds. The Morgan fingerprint density at radius 3 is 3.06 bits per heavy atom. The highest BCUT2D eigenvalue weighted by Crippen LogP contribution is 2.23. The highest BCUT2D eigenvalue weighted by atomic mass is 16.6. The Kier molecular flexibility index (Phi) is 3.20. The molecule has 0 atom stereocenters. The van der Waals surface area contributed by atoms with Crippen molar-refractivity contribution in [3.05, 3.63) is 52.1 Å². The van der Waals surface area contributed by atoms with Gasteiger partial charge in [0.25, 0.3) is 0 Å². The minimum atomic E-state index is -0.585. The van der Waals surface area contributed by atoms with Crippen molar-refractivity contribution in [3.8, 4) is 6.07 Å². The molecule has 0 saturated carbocycles. The fraction of sp³-hybridized carbons (Fsp3) is 0.0909. The number of hydrogen-bond donors (Lipinski definition) is 1. The Balaban J connectivity index is 2.22.